The van der Waals surface area contributed by atoms with Gasteiger partial charge in [-0.2, -0.15) is 0 Å². The summed E-state index contributed by atoms with van der Waals surface area (Å²) in [6.07, 6.45) is 1.85. The van der Waals surface area contributed by atoms with Crippen molar-refractivity contribution in [1.29, 1.82) is 0 Å². The van der Waals surface area contributed by atoms with Crippen molar-refractivity contribution in [1.82, 2.24) is 4.98 Å². The molecule has 1 aromatic heterocycles. The van der Waals surface area contributed by atoms with Crippen LogP contribution in [0.2, 0.25) is 0 Å². The van der Waals surface area contributed by atoms with Crippen molar-refractivity contribution in [3.63, 3.8) is 0 Å². The number of benzene rings is 3. The van der Waals surface area contributed by atoms with Crippen molar-refractivity contribution in [2.75, 3.05) is 11.6 Å². The maximum Gasteiger partial charge on any atom is 0.255 e. The third-order valence-electron chi connectivity index (χ3n) is 4.43. The summed E-state index contributed by atoms with van der Waals surface area (Å²) in [5, 5.41) is 3.84. The highest BCUT2D eigenvalue weighted by Gasteiger charge is 2.12. The molecule has 1 N–H and O–H groups in total. The van der Waals surface area contributed by atoms with Crippen LogP contribution < -0.4 is 5.32 Å². The Morgan fingerprint density at radius 2 is 1.76 bits per heavy atom. The first-order valence-electron chi connectivity index (χ1n) is 8.93. The zero-order valence-electron chi connectivity index (χ0n) is 15.6. The predicted molar refractivity (Wildman–Crippen MR) is 116 cm³/mol. The van der Waals surface area contributed by atoms with Gasteiger partial charge in [0, 0.05) is 23.9 Å². The van der Waals surface area contributed by atoms with Crippen molar-refractivity contribution in [2.24, 2.45) is 0 Å². The number of para-hydroxylation sites is 1. The van der Waals surface area contributed by atoms with Crippen LogP contribution in [0.25, 0.3) is 10.2 Å². The highest BCUT2D eigenvalue weighted by molar-refractivity contribution is 7.90. The molecule has 0 aliphatic heterocycles. The molecule has 1 heterocycles. The monoisotopic (exact) mass is 422 g/mol. The van der Waals surface area contributed by atoms with E-state index >= 15 is 0 Å². The third-order valence-corrected chi connectivity index (χ3v) is 6.58. The summed E-state index contributed by atoms with van der Waals surface area (Å²) in [7, 11) is -3.36. The van der Waals surface area contributed by atoms with E-state index in [4.69, 9.17) is 0 Å². The number of anilines is 1. The molecule has 29 heavy (non-hydrogen) atoms. The molecule has 0 bridgehead atoms. The molecule has 146 valence electrons. The molecule has 3 aromatic carbocycles. The standard InChI is InChI=1S/C22H18N2O3S2/c1-29(26,27)18-6-4-5-16(14-18)22(25)23-17-11-9-15(10-12-17)13-21-24-19-7-2-3-8-20(19)28-21/h2-12,14H,13H2,1H3,(H,23,25). The normalized spacial score (nSPS) is 11.5. The number of sulfone groups is 1. The van der Waals surface area contributed by atoms with E-state index in [0.29, 0.717) is 11.3 Å². The summed E-state index contributed by atoms with van der Waals surface area (Å²) in [6, 6.07) is 21.6. The van der Waals surface area contributed by atoms with Crippen LogP contribution in [-0.2, 0) is 16.3 Å². The van der Waals surface area contributed by atoms with Gasteiger partial charge in [0.25, 0.3) is 5.91 Å². The number of fused-ring (bicyclic) bond motifs is 1. The van der Waals surface area contributed by atoms with E-state index in [1.165, 1.54) is 16.8 Å². The number of amides is 1. The molecule has 0 atom stereocenters. The van der Waals surface area contributed by atoms with E-state index in [1.54, 1.807) is 23.5 Å². The minimum atomic E-state index is -3.36. The smallest absolute Gasteiger partial charge is 0.255 e. The fourth-order valence-electron chi connectivity index (χ4n) is 2.95. The van der Waals surface area contributed by atoms with E-state index < -0.39 is 9.84 Å². The Balaban J connectivity index is 1.46. The van der Waals surface area contributed by atoms with Crippen LogP contribution in [0.15, 0.2) is 77.7 Å². The average Bonchev–Trinajstić information content (AvgIpc) is 3.11. The van der Waals surface area contributed by atoms with E-state index in [0.717, 1.165) is 28.8 Å². The van der Waals surface area contributed by atoms with E-state index in [1.807, 2.05) is 42.5 Å². The summed E-state index contributed by atoms with van der Waals surface area (Å²) in [4.78, 5) is 17.2. The first-order chi connectivity index (χ1) is 13.9. The van der Waals surface area contributed by atoms with Gasteiger partial charge in [-0.1, -0.05) is 30.3 Å². The molecule has 4 aromatic rings. The van der Waals surface area contributed by atoms with Gasteiger partial charge in [-0.15, -0.1) is 11.3 Å². The third kappa shape index (κ3) is 4.52. The molecule has 0 aliphatic carbocycles. The van der Waals surface area contributed by atoms with Crippen LogP contribution in [0.3, 0.4) is 0 Å². The lowest BCUT2D eigenvalue weighted by Gasteiger charge is -2.07. The summed E-state index contributed by atoms with van der Waals surface area (Å²) < 4.78 is 24.5. The number of rotatable bonds is 5. The Morgan fingerprint density at radius 1 is 1.00 bits per heavy atom. The minimum absolute atomic E-state index is 0.122. The van der Waals surface area contributed by atoms with Crippen molar-refractivity contribution in [2.45, 2.75) is 11.3 Å². The van der Waals surface area contributed by atoms with E-state index in [9.17, 15) is 13.2 Å². The Morgan fingerprint density at radius 3 is 2.48 bits per heavy atom. The Labute approximate surface area is 173 Å². The number of aromatic nitrogens is 1. The molecule has 0 saturated carbocycles. The highest BCUT2D eigenvalue weighted by atomic mass is 32.2. The number of thiazole rings is 1. The molecule has 0 saturated heterocycles. The first kappa shape index (κ1) is 19.3. The fraction of sp³-hybridized carbons (Fsp3) is 0.0909. The van der Waals surface area contributed by atoms with Gasteiger partial charge < -0.3 is 5.32 Å². The summed E-state index contributed by atoms with van der Waals surface area (Å²) in [6.45, 7) is 0. The number of hydrogen-bond acceptors (Lipinski definition) is 5. The lowest BCUT2D eigenvalue weighted by Crippen LogP contribution is -2.12. The summed E-state index contributed by atoms with van der Waals surface area (Å²) in [5.74, 6) is -0.352. The minimum Gasteiger partial charge on any atom is -0.322 e. The molecule has 0 aliphatic rings. The number of carbonyl (C=O) groups excluding carboxylic acids is 1. The molecule has 0 radical (unpaired) electrons. The van der Waals surface area contributed by atoms with Gasteiger partial charge in [-0.25, -0.2) is 13.4 Å². The molecule has 7 heteroatoms. The maximum absolute atomic E-state index is 12.5. The molecular formula is C22H18N2O3S2. The van der Waals surface area contributed by atoms with Crippen LogP contribution in [-0.4, -0.2) is 25.6 Å². The molecule has 0 fully saturated rings. The van der Waals surface area contributed by atoms with E-state index in [2.05, 4.69) is 16.4 Å². The molecule has 0 spiro atoms. The van der Waals surface area contributed by atoms with Crippen molar-refractivity contribution in [3.05, 3.63) is 88.9 Å². The van der Waals surface area contributed by atoms with Gasteiger partial charge in [0.1, 0.15) is 0 Å². The summed E-state index contributed by atoms with van der Waals surface area (Å²) in [5.41, 5.74) is 3.05. The zero-order chi connectivity index (χ0) is 20.4. The van der Waals surface area contributed by atoms with Gasteiger partial charge in [-0.05, 0) is 48.0 Å². The lowest BCUT2D eigenvalue weighted by atomic mass is 10.1. The lowest BCUT2D eigenvalue weighted by molar-refractivity contribution is 0.102. The fourth-order valence-corrected chi connectivity index (χ4v) is 4.62. The van der Waals surface area contributed by atoms with E-state index in [-0.39, 0.29) is 10.8 Å². The number of nitrogens with one attached hydrogen (secondary N) is 1. The largest absolute Gasteiger partial charge is 0.322 e. The molecule has 0 unspecified atom stereocenters. The van der Waals surface area contributed by atoms with Gasteiger partial charge in [0.15, 0.2) is 9.84 Å². The van der Waals surface area contributed by atoms with Crippen molar-refractivity contribution in [3.8, 4) is 0 Å². The Bertz CT molecular complexity index is 1260. The van der Waals surface area contributed by atoms with Crippen LogP contribution in [0.1, 0.15) is 20.9 Å². The number of nitrogens with zero attached hydrogens (tertiary/aromatic N) is 1. The van der Waals surface area contributed by atoms with Crippen LogP contribution in [0.4, 0.5) is 5.69 Å². The molecule has 1 amide bonds. The molecular weight excluding hydrogens is 404 g/mol. The van der Waals surface area contributed by atoms with Crippen LogP contribution in [0, 0.1) is 0 Å². The van der Waals surface area contributed by atoms with Crippen LogP contribution >= 0.6 is 11.3 Å². The average molecular weight is 423 g/mol. The number of hydrogen-bond donors (Lipinski definition) is 1. The zero-order valence-corrected chi connectivity index (χ0v) is 17.3. The Hall–Kier alpha value is -3.03. The van der Waals surface area contributed by atoms with Crippen molar-refractivity contribution >= 4 is 43.0 Å². The molecule has 4 rings (SSSR count). The predicted octanol–water partition coefficient (Wildman–Crippen LogP) is 4.54. The topological polar surface area (TPSA) is 76.1 Å². The Kier molecular flexibility index (Phi) is 5.17. The van der Waals surface area contributed by atoms with Crippen LogP contribution in [0.5, 0.6) is 0 Å². The van der Waals surface area contributed by atoms with Gasteiger partial charge >= 0.3 is 0 Å². The number of carbonyl (C=O) groups is 1. The molecule has 5 nitrogen and oxygen atoms in total. The second kappa shape index (κ2) is 7.77. The van der Waals surface area contributed by atoms with Crippen molar-refractivity contribution < 1.29 is 13.2 Å². The summed E-state index contributed by atoms with van der Waals surface area (Å²) >= 11 is 1.68. The first-order valence-corrected chi connectivity index (χ1v) is 11.6. The SMILES string of the molecule is CS(=O)(=O)c1cccc(C(=O)Nc2ccc(Cc3nc4ccccc4s3)cc2)c1. The quantitative estimate of drug-likeness (QED) is 0.512. The van der Waals surface area contributed by atoms with Gasteiger partial charge in [0.05, 0.1) is 20.1 Å². The highest BCUT2D eigenvalue weighted by Crippen LogP contribution is 2.24. The second-order valence-electron chi connectivity index (χ2n) is 6.70. The van der Waals surface area contributed by atoms with Gasteiger partial charge in [-0.3, -0.25) is 4.79 Å². The second-order valence-corrected chi connectivity index (χ2v) is 9.83. The van der Waals surface area contributed by atoms with Gasteiger partial charge in [0.2, 0.25) is 0 Å². The maximum atomic E-state index is 12.5.